The standard InChI is InChI=1S/C15H16F4O2/c1-9-4-6-14(21,7-5-9)13(20)10-2-3-12(16)11(8-10)15(17,18)19/h2-3,8-9,21H,4-7H2,1H3. The van der Waals surface area contributed by atoms with Crippen LogP contribution in [-0.4, -0.2) is 16.5 Å². The Kier molecular flexibility index (Phi) is 4.10. The normalized spacial score (nSPS) is 26.7. The minimum atomic E-state index is -4.87. The van der Waals surface area contributed by atoms with Crippen LogP contribution in [0.3, 0.4) is 0 Å². The predicted octanol–water partition coefficient (Wildman–Crippen LogP) is 3.97. The Morgan fingerprint density at radius 2 is 1.86 bits per heavy atom. The molecule has 0 aliphatic heterocycles. The minimum absolute atomic E-state index is 0.214. The van der Waals surface area contributed by atoms with E-state index in [9.17, 15) is 27.5 Å². The fraction of sp³-hybridized carbons (Fsp3) is 0.533. The highest BCUT2D eigenvalue weighted by atomic mass is 19.4. The Morgan fingerprint density at radius 3 is 2.38 bits per heavy atom. The van der Waals surface area contributed by atoms with E-state index in [2.05, 4.69) is 0 Å². The van der Waals surface area contributed by atoms with Gasteiger partial charge in [-0.15, -0.1) is 0 Å². The zero-order valence-electron chi connectivity index (χ0n) is 11.5. The largest absolute Gasteiger partial charge is 0.419 e. The third-order valence-corrected chi connectivity index (χ3v) is 4.06. The molecule has 116 valence electrons. The van der Waals surface area contributed by atoms with Gasteiger partial charge in [-0.1, -0.05) is 6.92 Å². The molecule has 1 fully saturated rings. The SMILES string of the molecule is CC1CCC(O)(C(=O)c2ccc(F)c(C(F)(F)F)c2)CC1. The van der Waals surface area contributed by atoms with Gasteiger partial charge in [-0.25, -0.2) is 4.39 Å². The zero-order valence-corrected chi connectivity index (χ0v) is 11.5. The highest BCUT2D eigenvalue weighted by molar-refractivity contribution is 6.02. The second-order valence-electron chi connectivity index (χ2n) is 5.74. The number of benzene rings is 1. The molecule has 6 heteroatoms. The van der Waals surface area contributed by atoms with E-state index < -0.39 is 28.9 Å². The van der Waals surface area contributed by atoms with Gasteiger partial charge in [-0.05, 0) is 49.8 Å². The quantitative estimate of drug-likeness (QED) is 0.663. The van der Waals surface area contributed by atoms with Crippen LogP contribution in [0.15, 0.2) is 18.2 Å². The number of halogens is 4. The van der Waals surface area contributed by atoms with Gasteiger partial charge in [-0.3, -0.25) is 4.79 Å². The second-order valence-corrected chi connectivity index (χ2v) is 5.74. The smallest absolute Gasteiger partial charge is 0.382 e. The summed E-state index contributed by atoms with van der Waals surface area (Å²) in [7, 11) is 0. The van der Waals surface area contributed by atoms with Crippen molar-refractivity contribution in [3.8, 4) is 0 Å². The van der Waals surface area contributed by atoms with Gasteiger partial charge in [0.25, 0.3) is 0 Å². The highest BCUT2D eigenvalue weighted by Crippen LogP contribution is 2.36. The van der Waals surface area contributed by atoms with Crippen molar-refractivity contribution in [2.24, 2.45) is 5.92 Å². The number of hydrogen-bond donors (Lipinski definition) is 1. The van der Waals surface area contributed by atoms with Crippen LogP contribution in [0.5, 0.6) is 0 Å². The zero-order chi connectivity index (χ0) is 15.8. The third-order valence-electron chi connectivity index (χ3n) is 4.06. The van der Waals surface area contributed by atoms with Crippen molar-refractivity contribution in [1.82, 2.24) is 0 Å². The van der Waals surface area contributed by atoms with Gasteiger partial charge in [0, 0.05) is 5.56 Å². The molecule has 0 saturated heterocycles. The lowest BCUT2D eigenvalue weighted by atomic mass is 9.75. The second kappa shape index (κ2) is 5.40. The maximum atomic E-state index is 13.2. The Morgan fingerprint density at radius 1 is 1.29 bits per heavy atom. The van der Waals surface area contributed by atoms with E-state index in [1.807, 2.05) is 6.92 Å². The van der Waals surface area contributed by atoms with Crippen LogP contribution in [0.2, 0.25) is 0 Å². The average molecular weight is 304 g/mol. The van der Waals surface area contributed by atoms with Gasteiger partial charge in [0.15, 0.2) is 5.78 Å². The van der Waals surface area contributed by atoms with Gasteiger partial charge in [0.2, 0.25) is 0 Å². The maximum absolute atomic E-state index is 13.2. The molecular weight excluding hydrogens is 288 g/mol. The first-order valence-electron chi connectivity index (χ1n) is 6.77. The molecule has 1 aliphatic carbocycles. The van der Waals surface area contributed by atoms with E-state index in [1.165, 1.54) is 0 Å². The number of carbonyl (C=O) groups excluding carboxylic acids is 1. The minimum Gasteiger partial charge on any atom is -0.382 e. The molecule has 2 rings (SSSR count). The van der Waals surface area contributed by atoms with Crippen molar-refractivity contribution in [1.29, 1.82) is 0 Å². The van der Waals surface area contributed by atoms with Crippen LogP contribution in [0.25, 0.3) is 0 Å². The number of hydrogen-bond acceptors (Lipinski definition) is 2. The predicted molar refractivity (Wildman–Crippen MR) is 68.3 cm³/mol. The number of carbonyl (C=O) groups is 1. The first-order chi connectivity index (χ1) is 9.63. The summed E-state index contributed by atoms with van der Waals surface area (Å²) in [6, 6.07) is 2.08. The molecule has 0 bridgehead atoms. The number of alkyl halides is 3. The molecule has 2 nitrogen and oxygen atoms in total. The van der Waals surface area contributed by atoms with Crippen molar-refractivity contribution >= 4 is 5.78 Å². The molecule has 1 saturated carbocycles. The van der Waals surface area contributed by atoms with Gasteiger partial charge in [0.05, 0.1) is 5.56 Å². The van der Waals surface area contributed by atoms with Crippen molar-refractivity contribution in [3.05, 3.63) is 35.1 Å². The molecule has 0 atom stereocenters. The Bertz CT molecular complexity index is 543. The first-order valence-corrected chi connectivity index (χ1v) is 6.77. The summed E-state index contributed by atoms with van der Waals surface area (Å²) in [6.07, 6.45) is -3.17. The molecule has 1 aliphatic rings. The third kappa shape index (κ3) is 3.26. The number of ketones is 1. The molecule has 0 aromatic heterocycles. The Balaban J connectivity index is 2.32. The molecule has 0 radical (unpaired) electrons. The van der Waals surface area contributed by atoms with Crippen LogP contribution in [0, 0.1) is 11.7 Å². The van der Waals surface area contributed by atoms with Gasteiger partial charge in [-0.2, -0.15) is 13.2 Å². The molecule has 0 heterocycles. The van der Waals surface area contributed by atoms with Gasteiger partial charge in [0.1, 0.15) is 11.4 Å². The van der Waals surface area contributed by atoms with Crippen LogP contribution < -0.4 is 0 Å². The van der Waals surface area contributed by atoms with E-state index in [0.29, 0.717) is 30.9 Å². The first kappa shape index (κ1) is 15.9. The van der Waals surface area contributed by atoms with E-state index in [-0.39, 0.29) is 18.4 Å². The monoisotopic (exact) mass is 304 g/mol. The maximum Gasteiger partial charge on any atom is 0.419 e. The summed E-state index contributed by atoms with van der Waals surface area (Å²) in [5.41, 5.74) is -3.44. The highest BCUT2D eigenvalue weighted by Gasteiger charge is 2.41. The molecule has 0 spiro atoms. The lowest BCUT2D eigenvalue weighted by Gasteiger charge is -2.33. The number of rotatable bonds is 2. The van der Waals surface area contributed by atoms with Crippen molar-refractivity contribution in [2.45, 2.75) is 44.4 Å². The lowest BCUT2D eigenvalue weighted by molar-refractivity contribution is -0.140. The fourth-order valence-electron chi connectivity index (χ4n) is 2.62. The number of Topliss-reactive ketones (excluding diaryl/α,β-unsaturated/α-hetero) is 1. The molecular formula is C15H16F4O2. The molecule has 1 aromatic rings. The Hall–Kier alpha value is -1.43. The Labute approximate surface area is 119 Å². The van der Waals surface area contributed by atoms with Gasteiger partial charge >= 0.3 is 6.18 Å². The van der Waals surface area contributed by atoms with Crippen molar-refractivity contribution < 1.29 is 27.5 Å². The van der Waals surface area contributed by atoms with E-state index in [0.717, 1.165) is 6.07 Å². The van der Waals surface area contributed by atoms with Gasteiger partial charge < -0.3 is 5.11 Å². The summed E-state index contributed by atoms with van der Waals surface area (Å²) >= 11 is 0. The molecule has 0 amide bonds. The summed E-state index contributed by atoms with van der Waals surface area (Å²) in [6.45, 7) is 1.99. The molecule has 21 heavy (non-hydrogen) atoms. The summed E-state index contributed by atoms with van der Waals surface area (Å²) in [5.74, 6) is -1.82. The summed E-state index contributed by atoms with van der Waals surface area (Å²) < 4.78 is 51.2. The van der Waals surface area contributed by atoms with Crippen molar-refractivity contribution in [2.75, 3.05) is 0 Å². The van der Waals surface area contributed by atoms with Crippen LogP contribution in [-0.2, 0) is 6.18 Å². The van der Waals surface area contributed by atoms with E-state index >= 15 is 0 Å². The van der Waals surface area contributed by atoms with Crippen LogP contribution >= 0.6 is 0 Å². The van der Waals surface area contributed by atoms with Crippen molar-refractivity contribution in [3.63, 3.8) is 0 Å². The topological polar surface area (TPSA) is 37.3 Å². The molecule has 1 N–H and O–H groups in total. The molecule has 1 aromatic carbocycles. The number of aliphatic hydroxyl groups is 1. The lowest BCUT2D eigenvalue weighted by Crippen LogP contribution is -2.42. The van der Waals surface area contributed by atoms with E-state index in [1.54, 1.807) is 0 Å². The summed E-state index contributed by atoms with van der Waals surface area (Å²) in [5, 5.41) is 10.3. The molecule has 0 unspecified atom stereocenters. The van der Waals surface area contributed by atoms with Crippen LogP contribution in [0.1, 0.15) is 48.5 Å². The average Bonchev–Trinajstić information content (AvgIpc) is 2.41. The van der Waals surface area contributed by atoms with Crippen LogP contribution in [0.4, 0.5) is 17.6 Å². The fourth-order valence-corrected chi connectivity index (χ4v) is 2.62. The van der Waals surface area contributed by atoms with E-state index in [4.69, 9.17) is 0 Å². The summed E-state index contributed by atoms with van der Waals surface area (Å²) in [4.78, 5) is 12.3.